The second kappa shape index (κ2) is 7.27. The second-order valence-electron chi connectivity index (χ2n) is 7.30. The van der Waals surface area contributed by atoms with E-state index in [0.717, 1.165) is 5.39 Å². The first kappa shape index (κ1) is 19.9. The molecule has 0 aliphatic carbocycles. The van der Waals surface area contributed by atoms with Crippen LogP contribution in [0.15, 0.2) is 59.6 Å². The number of fused-ring (bicyclic) bond motifs is 1. The fourth-order valence-corrected chi connectivity index (χ4v) is 4.66. The molecule has 2 atom stereocenters. The van der Waals surface area contributed by atoms with Crippen LogP contribution in [0.3, 0.4) is 0 Å². The Morgan fingerprint density at radius 2 is 1.78 bits per heavy atom. The Bertz CT molecular complexity index is 1040. The summed E-state index contributed by atoms with van der Waals surface area (Å²) in [5.74, 6) is 0. The fraction of sp³-hybridized carbons (Fsp3) is 0.316. The third-order valence-electron chi connectivity index (χ3n) is 4.11. The molecule has 0 saturated heterocycles. The predicted molar refractivity (Wildman–Crippen MR) is 108 cm³/mol. The van der Waals surface area contributed by atoms with E-state index in [2.05, 4.69) is 9.71 Å². The summed E-state index contributed by atoms with van der Waals surface area (Å²) in [6.07, 6.45) is 1.51. The zero-order valence-corrected chi connectivity index (χ0v) is 17.3. The largest absolute Gasteiger partial charge is 0.598 e. The first-order valence-electron chi connectivity index (χ1n) is 8.57. The van der Waals surface area contributed by atoms with Gasteiger partial charge in [0.2, 0.25) is 0 Å². The summed E-state index contributed by atoms with van der Waals surface area (Å²) in [6.45, 7) is 7.52. The molecule has 1 N–H and O–H groups in total. The first-order valence-corrected chi connectivity index (χ1v) is 11.2. The van der Waals surface area contributed by atoms with Crippen LogP contribution < -0.4 is 4.72 Å². The van der Waals surface area contributed by atoms with E-state index in [0.29, 0.717) is 11.3 Å². The van der Waals surface area contributed by atoms with Crippen LogP contribution in [-0.4, -0.2) is 26.7 Å². The fourth-order valence-electron chi connectivity index (χ4n) is 2.54. The average Bonchev–Trinajstić information content (AvgIpc) is 3.05. The van der Waals surface area contributed by atoms with Crippen molar-refractivity contribution in [3.05, 3.63) is 60.4 Å². The Balaban J connectivity index is 2.00. The number of nitrogens with zero attached hydrogens (tertiary/aromatic N) is 2. The van der Waals surface area contributed by atoms with E-state index >= 15 is 0 Å². The van der Waals surface area contributed by atoms with Crippen LogP contribution in [0.5, 0.6) is 0 Å². The van der Waals surface area contributed by atoms with E-state index in [9.17, 15) is 13.0 Å². The van der Waals surface area contributed by atoms with Gasteiger partial charge in [-0.2, -0.15) is 0 Å². The van der Waals surface area contributed by atoms with E-state index in [1.165, 1.54) is 10.2 Å². The van der Waals surface area contributed by atoms with Crippen LogP contribution in [0.2, 0.25) is 0 Å². The highest BCUT2D eigenvalue weighted by Crippen LogP contribution is 2.24. The number of pyridine rings is 1. The van der Waals surface area contributed by atoms with Crippen molar-refractivity contribution in [1.29, 1.82) is 0 Å². The molecular formula is C19H23N3O3S2. The van der Waals surface area contributed by atoms with Crippen LogP contribution >= 0.6 is 0 Å². The molecule has 0 fully saturated rings. The van der Waals surface area contributed by atoms with Gasteiger partial charge >= 0.3 is 0 Å². The number of hydrogen-bond donors (Lipinski definition) is 1. The highest BCUT2D eigenvalue weighted by molar-refractivity contribution is 7.90. The second-order valence-corrected chi connectivity index (χ2v) is 11.1. The van der Waals surface area contributed by atoms with Gasteiger partial charge in [-0.1, -0.05) is 18.2 Å². The Morgan fingerprint density at radius 1 is 1.11 bits per heavy atom. The Labute approximate surface area is 163 Å². The summed E-state index contributed by atoms with van der Waals surface area (Å²) < 4.78 is 42.1. The summed E-state index contributed by atoms with van der Waals surface area (Å²) in [5, 5.41) is 0.724. The molecule has 2 aromatic heterocycles. The number of rotatable bonds is 5. The summed E-state index contributed by atoms with van der Waals surface area (Å²) in [7, 11) is -3.74. The molecule has 0 radical (unpaired) electrons. The minimum absolute atomic E-state index is 0.203. The molecule has 1 aromatic carbocycles. The zero-order valence-electron chi connectivity index (χ0n) is 15.7. The molecule has 3 rings (SSSR count). The molecule has 0 aliphatic heterocycles. The van der Waals surface area contributed by atoms with Gasteiger partial charge in [0.05, 0.1) is 16.6 Å². The molecule has 27 heavy (non-hydrogen) atoms. The molecule has 0 amide bonds. The van der Waals surface area contributed by atoms with Gasteiger partial charge in [-0.05, 0) is 58.0 Å². The monoisotopic (exact) mass is 405 g/mol. The lowest BCUT2D eigenvalue weighted by Crippen LogP contribution is -2.40. The molecule has 3 aromatic rings. The van der Waals surface area contributed by atoms with Crippen LogP contribution in [0.1, 0.15) is 39.4 Å². The van der Waals surface area contributed by atoms with Crippen molar-refractivity contribution in [1.82, 2.24) is 13.7 Å². The van der Waals surface area contributed by atoms with Crippen molar-refractivity contribution >= 4 is 32.4 Å². The molecule has 0 aliphatic rings. The van der Waals surface area contributed by atoms with Gasteiger partial charge in [0.25, 0.3) is 10.0 Å². The lowest BCUT2D eigenvalue weighted by atomic mass is 10.2. The average molecular weight is 406 g/mol. The van der Waals surface area contributed by atoms with Gasteiger partial charge in [-0.15, -0.1) is 4.72 Å². The van der Waals surface area contributed by atoms with E-state index in [-0.39, 0.29) is 10.9 Å². The van der Waals surface area contributed by atoms with Crippen molar-refractivity contribution in [2.75, 3.05) is 0 Å². The summed E-state index contributed by atoms with van der Waals surface area (Å²) in [5.41, 5.74) is 0.981. The normalized spacial score (nSPS) is 15.0. The van der Waals surface area contributed by atoms with Crippen molar-refractivity contribution < 1.29 is 13.0 Å². The third kappa shape index (κ3) is 4.03. The molecule has 8 heteroatoms. The maximum Gasteiger partial charge on any atom is 0.269 e. The molecule has 2 heterocycles. The van der Waals surface area contributed by atoms with Crippen LogP contribution in [0.25, 0.3) is 11.0 Å². The quantitative estimate of drug-likeness (QED) is 0.658. The molecule has 1 unspecified atom stereocenters. The summed E-state index contributed by atoms with van der Waals surface area (Å²) >= 11 is -1.26. The highest BCUT2D eigenvalue weighted by Gasteiger charge is 2.29. The molecule has 0 spiro atoms. The van der Waals surface area contributed by atoms with E-state index < -0.39 is 26.1 Å². The standard InChI is InChI=1S/C19H23N3O3S2/c1-14(21-26(23)19(2,3)4)17-11-10-15-12-13-22(18(15)20-17)27(24,25)16-8-6-5-7-9-16/h5-14,21H,1-4H3/t14-,26?/m1/s1. The van der Waals surface area contributed by atoms with Crippen LogP contribution in [0, 0.1) is 0 Å². The summed E-state index contributed by atoms with van der Waals surface area (Å²) in [4.78, 5) is 4.75. The molecule has 144 valence electrons. The number of aromatic nitrogens is 2. The molecule has 0 bridgehead atoms. The number of hydrogen-bond acceptors (Lipinski definition) is 5. The Kier molecular flexibility index (Phi) is 5.36. The minimum atomic E-state index is -3.74. The van der Waals surface area contributed by atoms with Crippen molar-refractivity contribution in [2.24, 2.45) is 0 Å². The van der Waals surface area contributed by atoms with Crippen molar-refractivity contribution in [3.8, 4) is 0 Å². The predicted octanol–water partition coefficient (Wildman–Crippen LogP) is 3.39. The van der Waals surface area contributed by atoms with Gasteiger partial charge in [-0.3, -0.25) is 0 Å². The van der Waals surface area contributed by atoms with Crippen LogP contribution in [-0.2, 0) is 21.4 Å². The van der Waals surface area contributed by atoms with Crippen LogP contribution in [0.4, 0.5) is 0 Å². The SMILES string of the molecule is C[C@@H](N[S+]([O-])C(C)(C)C)c1ccc2ccn(S(=O)(=O)c3ccccc3)c2n1. The van der Waals surface area contributed by atoms with Gasteiger partial charge < -0.3 is 4.55 Å². The van der Waals surface area contributed by atoms with Crippen molar-refractivity contribution in [3.63, 3.8) is 0 Å². The lowest BCUT2D eigenvalue weighted by molar-refractivity contribution is 0.529. The summed E-state index contributed by atoms with van der Waals surface area (Å²) in [6, 6.07) is 13.3. The topological polar surface area (TPSA) is 87.0 Å². The van der Waals surface area contributed by atoms with E-state index in [1.807, 2.05) is 39.8 Å². The molecule has 0 saturated carbocycles. The zero-order chi connectivity index (χ0) is 19.8. The maximum absolute atomic E-state index is 13.0. The number of nitrogens with one attached hydrogen (secondary N) is 1. The highest BCUT2D eigenvalue weighted by atomic mass is 32.2. The van der Waals surface area contributed by atoms with Gasteiger partial charge in [0, 0.05) is 22.9 Å². The Hall–Kier alpha value is -1.87. The first-order chi connectivity index (χ1) is 12.6. The molecular weight excluding hydrogens is 382 g/mol. The van der Waals surface area contributed by atoms with Crippen molar-refractivity contribution in [2.45, 2.75) is 43.4 Å². The van der Waals surface area contributed by atoms with Gasteiger partial charge in [0.15, 0.2) is 5.65 Å². The third-order valence-corrected chi connectivity index (χ3v) is 7.47. The van der Waals surface area contributed by atoms with Gasteiger partial charge in [0.1, 0.15) is 4.75 Å². The van der Waals surface area contributed by atoms with E-state index in [4.69, 9.17) is 0 Å². The van der Waals surface area contributed by atoms with E-state index in [1.54, 1.807) is 36.4 Å². The molecule has 6 nitrogen and oxygen atoms in total. The maximum atomic E-state index is 13.0. The van der Waals surface area contributed by atoms with Gasteiger partial charge in [-0.25, -0.2) is 17.4 Å². The lowest BCUT2D eigenvalue weighted by Gasteiger charge is -2.26. The Morgan fingerprint density at radius 3 is 2.41 bits per heavy atom. The number of benzene rings is 1. The smallest absolute Gasteiger partial charge is 0.269 e. The minimum Gasteiger partial charge on any atom is -0.598 e.